The normalized spacial score (nSPS) is 13.6. The van der Waals surface area contributed by atoms with Gasteiger partial charge in [0, 0.05) is 17.4 Å². The summed E-state index contributed by atoms with van der Waals surface area (Å²) in [4.78, 5) is 17.0. The number of aromatic nitrogens is 1. The van der Waals surface area contributed by atoms with Gasteiger partial charge in [0.1, 0.15) is 0 Å². The Labute approximate surface area is 181 Å². The first kappa shape index (κ1) is 20.8. The molecule has 4 rings (SSSR count). The molecule has 1 aromatic heterocycles. The van der Waals surface area contributed by atoms with Crippen LogP contribution in [0.3, 0.4) is 0 Å². The molecule has 0 unspecified atom stereocenters. The number of benzene rings is 2. The zero-order chi connectivity index (χ0) is 21.1. The average molecular weight is 441 g/mol. The molecule has 1 N–H and O–H groups in total. The van der Waals surface area contributed by atoms with Gasteiger partial charge in [0.15, 0.2) is 15.0 Å². The zero-order valence-electron chi connectivity index (χ0n) is 16.8. The third kappa shape index (κ3) is 4.79. The van der Waals surface area contributed by atoms with E-state index in [1.807, 2.05) is 12.3 Å². The lowest BCUT2D eigenvalue weighted by atomic mass is 9.90. The van der Waals surface area contributed by atoms with Crippen LogP contribution in [-0.2, 0) is 27.5 Å². The van der Waals surface area contributed by atoms with Crippen LogP contribution >= 0.6 is 11.3 Å². The van der Waals surface area contributed by atoms with Crippen molar-refractivity contribution in [2.45, 2.75) is 43.9 Å². The molecular formula is C23H24N2O3S2. The number of nitrogens with zero attached hydrogens (tertiary/aromatic N) is 1. The van der Waals surface area contributed by atoms with Crippen molar-refractivity contribution >= 4 is 32.2 Å². The number of aryl methyl sites for hydroxylation is 3. The van der Waals surface area contributed by atoms with Crippen molar-refractivity contribution in [3.05, 3.63) is 64.5 Å². The molecule has 0 saturated heterocycles. The lowest BCUT2D eigenvalue weighted by Gasteiger charge is -2.16. The number of nitrogens with one attached hydrogen (secondary N) is 1. The standard InChI is InChI=1S/C23H24N2O3S2/c1-16-6-10-20(11-7-16)30(27,28)13-12-22(26)25-23-24-21(15-29-23)19-9-8-17-4-2-3-5-18(17)14-19/h6-11,14-15H,2-5,12-13H2,1H3,(H,24,25,26). The second-order valence-electron chi connectivity index (χ2n) is 7.66. The van der Waals surface area contributed by atoms with E-state index in [-0.39, 0.29) is 23.0 Å². The topological polar surface area (TPSA) is 76.1 Å². The van der Waals surface area contributed by atoms with Crippen molar-refractivity contribution in [1.29, 1.82) is 0 Å². The molecule has 156 valence electrons. The SMILES string of the molecule is Cc1ccc(S(=O)(=O)CCC(=O)Nc2nc(-c3ccc4c(c3)CCCC4)cs2)cc1. The van der Waals surface area contributed by atoms with Crippen molar-refractivity contribution in [1.82, 2.24) is 4.98 Å². The summed E-state index contributed by atoms with van der Waals surface area (Å²) in [6, 6.07) is 13.1. The van der Waals surface area contributed by atoms with Crippen LogP contribution in [0, 0.1) is 6.92 Å². The Morgan fingerprint density at radius 3 is 2.57 bits per heavy atom. The Bertz CT molecular complexity index is 1170. The fourth-order valence-corrected chi connectivity index (χ4v) is 5.61. The monoisotopic (exact) mass is 440 g/mol. The van der Waals surface area contributed by atoms with Gasteiger partial charge in [-0.2, -0.15) is 0 Å². The summed E-state index contributed by atoms with van der Waals surface area (Å²) in [7, 11) is -3.49. The minimum absolute atomic E-state index is 0.107. The van der Waals surface area contributed by atoms with Gasteiger partial charge in [-0.25, -0.2) is 13.4 Å². The molecule has 1 aliphatic carbocycles. The van der Waals surface area contributed by atoms with E-state index in [1.165, 1.54) is 35.3 Å². The summed E-state index contributed by atoms with van der Waals surface area (Å²) in [6.45, 7) is 1.90. The smallest absolute Gasteiger partial charge is 0.227 e. The van der Waals surface area contributed by atoms with E-state index in [9.17, 15) is 13.2 Å². The molecule has 0 bridgehead atoms. The highest BCUT2D eigenvalue weighted by molar-refractivity contribution is 7.91. The van der Waals surface area contributed by atoms with Crippen LogP contribution in [0.1, 0.15) is 36.0 Å². The molecule has 1 amide bonds. The number of thiazole rings is 1. The van der Waals surface area contributed by atoms with Gasteiger partial charge in [-0.1, -0.05) is 29.8 Å². The predicted molar refractivity (Wildman–Crippen MR) is 121 cm³/mol. The Hall–Kier alpha value is -2.51. The van der Waals surface area contributed by atoms with Crippen LogP contribution in [0.15, 0.2) is 52.7 Å². The zero-order valence-corrected chi connectivity index (χ0v) is 18.5. The van der Waals surface area contributed by atoms with Crippen molar-refractivity contribution in [3.63, 3.8) is 0 Å². The van der Waals surface area contributed by atoms with Crippen LogP contribution in [0.5, 0.6) is 0 Å². The minimum atomic E-state index is -3.49. The summed E-state index contributed by atoms with van der Waals surface area (Å²) < 4.78 is 24.8. The van der Waals surface area contributed by atoms with Gasteiger partial charge < -0.3 is 5.32 Å². The lowest BCUT2D eigenvalue weighted by molar-refractivity contribution is -0.115. The van der Waals surface area contributed by atoms with Crippen LogP contribution in [0.2, 0.25) is 0 Å². The van der Waals surface area contributed by atoms with E-state index in [4.69, 9.17) is 0 Å². The average Bonchev–Trinajstić information content (AvgIpc) is 3.21. The van der Waals surface area contributed by atoms with Crippen molar-refractivity contribution in [3.8, 4) is 11.3 Å². The number of hydrogen-bond donors (Lipinski definition) is 1. The second-order valence-corrected chi connectivity index (χ2v) is 10.6. The van der Waals surface area contributed by atoms with Crippen LogP contribution in [0.25, 0.3) is 11.3 Å². The summed E-state index contributed by atoms with van der Waals surface area (Å²) in [5.74, 6) is -0.581. The van der Waals surface area contributed by atoms with E-state index in [0.717, 1.165) is 29.7 Å². The maximum Gasteiger partial charge on any atom is 0.227 e. The molecule has 3 aromatic rings. The third-order valence-electron chi connectivity index (χ3n) is 5.37. The van der Waals surface area contributed by atoms with Gasteiger partial charge in [0.25, 0.3) is 0 Å². The van der Waals surface area contributed by atoms with E-state index in [2.05, 4.69) is 28.5 Å². The fraction of sp³-hybridized carbons (Fsp3) is 0.304. The number of anilines is 1. The molecule has 0 fully saturated rings. The fourth-order valence-electron chi connectivity index (χ4n) is 3.63. The van der Waals surface area contributed by atoms with Gasteiger partial charge in [-0.05, 0) is 61.9 Å². The van der Waals surface area contributed by atoms with E-state index in [0.29, 0.717) is 5.13 Å². The van der Waals surface area contributed by atoms with Gasteiger partial charge in [-0.3, -0.25) is 4.79 Å². The molecule has 1 aliphatic rings. The molecule has 0 radical (unpaired) electrons. The first-order valence-corrected chi connectivity index (χ1v) is 12.6. The molecular weight excluding hydrogens is 416 g/mol. The molecule has 30 heavy (non-hydrogen) atoms. The number of carbonyl (C=O) groups is 1. The third-order valence-corrected chi connectivity index (χ3v) is 7.86. The highest BCUT2D eigenvalue weighted by Crippen LogP contribution is 2.29. The van der Waals surface area contributed by atoms with Crippen LogP contribution < -0.4 is 5.32 Å². The van der Waals surface area contributed by atoms with Crippen LogP contribution in [-0.4, -0.2) is 25.1 Å². The Kier molecular flexibility index (Phi) is 6.01. The Balaban J connectivity index is 1.38. The summed E-state index contributed by atoms with van der Waals surface area (Å²) in [6.07, 6.45) is 4.61. The maximum absolute atomic E-state index is 12.4. The molecule has 0 spiro atoms. The minimum Gasteiger partial charge on any atom is -0.302 e. The number of hydrogen-bond acceptors (Lipinski definition) is 5. The summed E-state index contributed by atoms with van der Waals surface area (Å²) >= 11 is 1.35. The van der Waals surface area contributed by atoms with Crippen LogP contribution in [0.4, 0.5) is 5.13 Å². The Morgan fingerprint density at radius 1 is 1.07 bits per heavy atom. The van der Waals surface area contributed by atoms with Gasteiger partial charge in [0.2, 0.25) is 5.91 Å². The lowest BCUT2D eigenvalue weighted by Crippen LogP contribution is -2.17. The largest absolute Gasteiger partial charge is 0.302 e. The quantitative estimate of drug-likeness (QED) is 0.597. The van der Waals surface area contributed by atoms with Crippen molar-refractivity contribution in [2.24, 2.45) is 0 Å². The number of sulfone groups is 1. The molecule has 2 aromatic carbocycles. The van der Waals surface area contributed by atoms with E-state index >= 15 is 0 Å². The number of fused-ring (bicyclic) bond motifs is 1. The van der Waals surface area contributed by atoms with Gasteiger partial charge >= 0.3 is 0 Å². The first-order valence-electron chi connectivity index (χ1n) is 10.1. The molecule has 0 aliphatic heterocycles. The molecule has 5 nitrogen and oxygen atoms in total. The molecule has 0 atom stereocenters. The van der Waals surface area contributed by atoms with Crippen molar-refractivity contribution in [2.75, 3.05) is 11.1 Å². The first-order chi connectivity index (χ1) is 14.4. The predicted octanol–water partition coefficient (Wildman–Crippen LogP) is 4.80. The van der Waals surface area contributed by atoms with E-state index < -0.39 is 9.84 Å². The number of amides is 1. The van der Waals surface area contributed by atoms with Crippen molar-refractivity contribution < 1.29 is 13.2 Å². The highest BCUT2D eigenvalue weighted by atomic mass is 32.2. The molecule has 7 heteroatoms. The van der Waals surface area contributed by atoms with E-state index in [1.54, 1.807) is 24.3 Å². The highest BCUT2D eigenvalue weighted by Gasteiger charge is 2.17. The number of rotatable bonds is 6. The molecule has 1 heterocycles. The molecule has 0 saturated carbocycles. The summed E-state index contributed by atoms with van der Waals surface area (Å²) in [5.41, 5.74) is 5.68. The maximum atomic E-state index is 12.4. The van der Waals surface area contributed by atoms with Gasteiger partial charge in [0.05, 0.1) is 16.3 Å². The van der Waals surface area contributed by atoms with Gasteiger partial charge in [-0.15, -0.1) is 11.3 Å². The number of carbonyl (C=O) groups excluding carboxylic acids is 1. The second kappa shape index (κ2) is 8.70. The summed E-state index contributed by atoms with van der Waals surface area (Å²) in [5, 5.41) is 5.14. The Morgan fingerprint density at radius 2 is 1.80 bits per heavy atom.